The maximum atomic E-state index is 10.3. The van der Waals surface area contributed by atoms with E-state index in [2.05, 4.69) is 26.1 Å². The lowest BCUT2D eigenvalue weighted by Crippen LogP contribution is -2.35. The highest BCUT2D eigenvalue weighted by molar-refractivity contribution is 5.45. The van der Waals surface area contributed by atoms with Crippen LogP contribution in [0.4, 0.5) is 0 Å². The average molecular weight is 279 g/mol. The SMILES string of the molecule is CCC(CC)C(C)NCC(O)c1ccc2c(c1)OCO2. The molecule has 0 saturated heterocycles. The van der Waals surface area contributed by atoms with Gasteiger partial charge in [-0.1, -0.05) is 32.8 Å². The summed E-state index contributed by atoms with van der Waals surface area (Å²) in [7, 11) is 0. The molecule has 20 heavy (non-hydrogen) atoms. The molecule has 2 unspecified atom stereocenters. The summed E-state index contributed by atoms with van der Waals surface area (Å²) in [5, 5.41) is 13.7. The summed E-state index contributed by atoms with van der Waals surface area (Å²) >= 11 is 0. The summed E-state index contributed by atoms with van der Waals surface area (Å²) in [6, 6.07) is 6.01. The summed E-state index contributed by atoms with van der Waals surface area (Å²) in [6.45, 7) is 7.42. The molecule has 1 aliphatic heterocycles. The zero-order valence-corrected chi connectivity index (χ0v) is 12.6. The highest BCUT2D eigenvalue weighted by atomic mass is 16.7. The number of aliphatic hydroxyl groups is 1. The van der Waals surface area contributed by atoms with E-state index in [0.29, 0.717) is 18.5 Å². The van der Waals surface area contributed by atoms with E-state index < -0.39 is 6.10 Å². The molecule has 0 saturated carbocycles. The molecule has 112 valence electrons. The number of benzene rings is 1. The topological polar surface area (TPSA) is 50.7 Å². The first kappa shape index (κ1) is 15.1. The van der Waals surface area contributed by atoms with Crippen molar-refractivity contribution >= 4 is 0 Å². The maximum absolute atomic E-state index is 10.3. The molecular weight excluding hydrogens is 254 g/mol. The molecule has 1 aromatic rings. The Hall–Kier alpha value is -1.26. The van der Waals surface area contributed by atoms with Crippen molar-refractivity contribution in [3.63, 3.8) is 0 Å². The molecule has 2 rings (SSSR count). The van der Waals surface area contributed by atoms with Crippen LogP contribution in [0.15, 0.2) is 18.2 Å². The Morgan fingerprint density at radius 1 is 1.20 bits per heavy atom. The minimum atomic E-state index is -0.527. The Bertz CT molecular complexity index is 432. The average Bonchev–Trinajstić information content (AvgIpc) is 2.93. The molecule has 0 aromatic heterocycles. The number of fused-ring (bicyclic) bond motifs is 1. The van der Waals surface area contributed by atoms with Crippen LogP contribution in [0.5, 0.6) is 11.5 Å². The number of ether oxygens (including phenoxy) is 2. The van der Waals surface area contributed by atoms with Gasteiger partial charge in [0.2, 0.25) is 6.79 Å². The Labute approximate surface area is 121 Å². The van der Waals surface area contributed by atoms with Crippen molar-refractivity contribution in [2.45, 2.75) is 45.8 Å². The predicted octanol–water partition coefficient (Wildman–Crippen LogP) is 2.86. The van der Waals surface area contributed by atoms with Crippen LogP contribution in [0.1, 0.15) is 45.3 Å². The highest BCUT2D eigenvalue weighted by Gasteiger charge is 2.18. The lowest BCUT2D eigenvalue weighted by molar-refractivity contribution is 0.163. The maximum Gasteiger partial charge on any atom is 0.231 e. The van der Waals surface area contributed by atoms with Gasteiger partial charge in [-0.3, -0.25) is 0 Å². The number of hydrogen-bond acceptors (Lipinski definition) is 4. The summed E-state index contributed by atoms with van der Waals surface area (Å²) in [4.78, 5) is 0. The second-order valence-electron chi connectivity index (χ2n) is 5.40. The monoisotopic (exact) mass is 279 g/mol. The zero-order valence-electron chi connectivity index (χ0n) is 12.6. The van der Waals surface area contributed by atoms with Crippen LogP contribution in [0, 0.1) is 5.92 Å². The molecule has 0 aliphatic carbocycles. The summed E-state index contributed by atoms with van der Waals surface area (Å²) < 4.78 is 10.6. The normalized spacial score (nSPS) is 16.4. The van der Waals surface area contributed by atoms with Crippen LogP contribution in [0.25, 0.3) is 0 Å². The van der Waals surface area contributed by atoms with Gasteiger partial charge in [-0.2, -0.15) is 0 Å². The molecule has 0 fully saturated rings. The molecule has 2 N–H and O–H groups in total. The fraction of sp³-hybridized carbons (Fsp3) is 0.625. The van der Waals surface area contributed by atoms with E-state index in [1.807, 2.05) is 18.2 Å². The molecule has 2 atom stereocenters. The number of rotatable bonds is 7. The van der Waals surface area contributed by atoms with Crippen molar-refractivity contribution in [3.05, 3.63) is 23.8 Å². The molecular formula is C16H25NO3. The fourth-order valence-electron chi connectivity index (χ4n) is 2.70. The molecule has 0 bridgehead atoms. The minimum absolute atomic E-state index is 0.263. The van der Waals surface area contributed by atoms with E-state index in [-0.39, 0.29) is 6.79 Å². The summed E-state index contributed by atoms with van der Waals surface area (Å²) in [6.07, 6.45) is 1.79. The van der Waals surface area contributed by atoms with Gasteiger partial charge in [-0.15, -0.1) is 0 Å². The Balaban J connectivity index is 1.90. The summed E-state index contributed by atoms with van der Waals surface area (Å²) in [5.41, 5.74) is 0.860. The van der Waals surface area contributed by atoms with Crippen molar-refractivity contribution in [1.82, 2.24) is 5.32 Å². The van der Waals surface area contributed by atoms with Crippen molar-refractivity contribution in [3.8, 4) is 11.5 Å². The quantitative estimate of drug-likeness (QED) is 0.806. The van der Waals surface area contributed by atoms with Crippen molar-refractivity contribution in [2.75, 3.05) is 13.3 Å². The van der Waals surface area contributed by atoms with Gasteiger partial charge in [0.1, 0.15) is 0 Å². The van der Waals surface area contributed by atoms with Gasteiger partial charge < -0.3 is 19.9 Å². The lowest BCUT2D eigenvalue weighted by Gasteiger charge is -2.24. The molecule has 4 heteroatoms. The van der Waals surface area contributed by atoms with Crippen LogP contribution in [0.2, 0.25) is 0 Å². The van der Waals surface area contributed by atoms with Crippen LogP contribution in [0.3, 0.4) is 0 Å². The van der Waals surface area contributed by atoms with Crippen LogP contribution >= 0.6 is 0 Å². The second kappa shape index (κ2) is 6.95. The molecule has 0 radical (unpaired) electrons. The minimum Gasteiger partial charge on any atom is -0.454 e. The predicted molar refractivity (Wildman–Crippen MR) is 79.1 cm³/mol. The largest absolute Gasteiger partial charge is 0.454 e. The van der Waals surface area contributed by atoms with E-state index in [1.54, 1.807) is 0 Å². The van der Waals surface area contributed by atoms with Gasteiger partial charge in [0.05, 0.1) is 6.10 Å². The number of nitrogens with one attached hydrogen (secondary N) is 1. The van der Waals surface area contributed by atoms with Gasteiger partial charge in [-0.25, -0.2) is 0 Å². The van der Waals surface area contributed by atoms with Crippen LogP contribution in [-0.2, 0) is 0 Å². The smallest absolute Gasteiger partial charge is 0.231 e. The molecule has 1 aromatic carbocycles. The van der Waals surface area contributed by atoms with Gasteiger partial charge in [0, 0.05) is 12.6 Å². The molecule has 1 aliphatic rings. The third-order valence-corrected chi connectivity index (χ3v) is 4.17. The molecule has 0 amide bonds. The Morgan fingerprint density at radius 3 is 2.60 bits per heavy atom. The molecule has 1 heterocycles. The molecule has 0 spiro atoms. The van der Waals surface area contributed by atoms with Gasteiger partial charge >= 0.3 is 0 Å². The lowest BCUT2D eigenvalue weighted by atomic mass is 9.95. The molecule has 4 nitrogen and oxygen atoms in total. The van der Waals surface area contributed by atoms with Crippen LogP contribution in [-0.4, -0.2) is 24.5 Å². The Kier molecular flexibility index (Phi) is 5.26. The van der Waals surface area contributed by atoms with Gasteiger partial charge in [0.25, 0.3) is 0 Å². The first-order valence-electron chi connectivity index (χ1n) is 7.46. The number of aliphatic hydroxyl groups excluding tert-OH is 1. The van der Waals surface area contributed by atoms with Crippen molar-refractivity contribution < 1.29 is 14.6 Å². The third kappa shape index (κ3) is 3.44. The first-order valence-corrected chi connectivity index (χ1v) is 7.46. The Morgan fingerprint density at radius 2 is 1.90 bits per heavy atom. The van der Waals surface area contributed by atoms with Crippen LogP contribution < -0.4 is 14.8 Å². The van der Waals surface area contributed by atoms with E-state index in [1.165, 1.54) is 0 Å². The van der Waals surface area contributed by atoms with E-state index in [9.17, 15) is 5.11 Å². The van der Waals surface area contributed by atoms with Gasteiger partial charge in [-0.05, 0) is 30.5 Å². The van der Waals surface area contributed by atoms with E-state index >= 15 is 0 Å². The second-order valence-corrected chi connectivity index (χ2v) is 5.40. The fourth-order valence-corrected chi connectivity index (χ4v) is 2.70. The standard InChI is InChI=1S/C16H25NO3/c1-4-12(5-2)11(3)17-9-14(18)13-6-7-15-16(8-13)20-10-19-15/h6-8,11-12,14,17-18H,4-5,9-10H2,1-3H3. The highest BCUT2D eigenvalue weighted by Crippen LogP contribution is 2.34. The van der Waals surface area contributed by atoms with Gasteiger partial charge in [0.15, 0.2) is 11.5 Å². The first-order chi connectivity index (χ1) is 9.65. The van der Waals surface area contributed by atoms with Crippen molar-refractivity contribution in [1.29, 1.82) is 0 Å². The van der Waals surface area contributed by atoms with E-state index in [4.69, 9.17) is 9.47 Å². The number of hydrogen-bond donors (Lipinski definition) is 2. The van der Waals surface area contributed by atoms with Crippen molar-refractivity contribution in [2.24, 2.45) is 5.92 Å². The third-order valence-electron chi connectivity index (χ3n) is 4.17. The zero-order chi connectivity index (χ0) is 14.5. The summed E-state index contributed by atoms with van der Waals surface area (Å²) in [5.74, 6) is 2.12. The van der Waals surface area contributed by atoms with E-state index in [0.717, 1.165) is 29.9 Å².